The van der Waals surface area contributed by atoms with Crippen LogP contribution in [0.1, 0.15) is 27.7 Å². The summed E-state index contributed by atoms with van der Waals surface area (Å²) in [7, 11) is 0. The predicted octanol–water partition coefficient (Wildman–Crippen LogP) is 1.33. The van der Waals surface area contributed by atoms with Crippen molar-refractivity contribution in [3.05, 3.63) is 6.20 Å². The van der Waals surface area contributed by atoms with Crippen molar-refractivity contribution >= 4 is 12.0 Å². The predicted molar refractivity (Wildman–Crippen MR) is 52.2 cm³/mol. The Morgan fingerprint density at radius 2 is 2.33 bits per heavy atom. The number of amides is 1. The standard InChI is InChI=1S/C9H15N3O3/c1-5-12-6-7(15-11-12)10-8(13)14-9(2,3)4/h6H,5H2,1-4H3/p+1. The van der Waals surface area contributed by atoms with Crippen LogP contribution in [0.25, 0.3) is 0 Å². The van der Waals surface area contributed by atoms with Crippen molar-refractivity contribution in [3.63, 3.8) is 0 Å². The third-order valence-electron chi connectivity index (χ3n) is 1.46. The van der Waals surface area contributed by atoms with Gasteiger partial charge in [0.15, 0.2) is 6.54 Å². The van der Waals surface area contributed by atoms with Gasteiger partial charge in [-0.2, -0.15) is 0 Å². The first-order valence-corrected chi connectivity index (χ1v) is 4.77. The van der Waals surface area contributed by atoms with E-state index in [0.29, 0.717) is 6.54 Å². The van der Waals surface area contributed by atoms with Gasteiger partial charge in [-0.3, -0.25) is 9.84 Å². The second kappa shape index (κ2) is 4.29. The lowest BCUT2D eigenvalue weighted by Gasteiger charge is -2.18. The quantitative estimate of drug-likeness (QED) is 0.754. The molecule has 1 aromatic heterocycles. The largest absolute Gasteiger partial charge is 0.444 e. The molecule has 1 N–H and O–H groups in total. The van der Waals surface area contributed by atoms with Gasteiger partial charge in [0.1, 0.15) is 5.60 Å². The summed E-state index contributed by atoms with van der Waals surface area (Å²) < 4.78 is 11.4. The van der Waals surface area contributed by atoms with Gasteiger partial charge in [-0.1, -0.05) is 4.68 Å². The van der Waals surface area contributed by atoms with Gasteiger partial charge >= 0.3 is 12.0 Å². The number of aromatic nitrogens is 2. The summed E-state index contributed by atoms with van der Waals surface area (Å²) in [6.45, 7) is 7.97. The zero-order valence-electron chi connectivity index (χ0n) is 9.40. The maximum absolute atomic E-state index is 11.3. The fraction of sp³-hybridized carbons (Fsp3) is 0.667. The highest BCUT2D eigenvalue weighted by Gasteiger charge is 2.19. The molecule has 1 amide bonds. The lowest BCUT2D eigenvalue weighted by molar-refractivity contribution is -0.759. The Morgan fingerprint density at radius 3 is 2.80 bits per heavy atom. The van der Waals surface area contributed by atoms with Crippen molar-refractivity contribution in [2.24, 2.45) is 0 Å². The van der Waals surface area contributed by atoms with E-state index in [4.69, 9.17) is 9.26 Å². The molecule has 0 aliphatic heterocycles. The summed E-state index contributed by atoms with van der Waals surface area (Å²) >= 11 is 0. The van der Waals surface area contributed by atoms with Gasteiger partial charge in [-0.25, -0.2) is 4.79 Å². The van der Waals surface area contributed by atoms with Gasteiger partial charge in [0.05, 0.1) is 0 Å². The lowest BCUT2D eigenvalue weighted by atomic mass is 10.2. The summed E-state index contributed by atoms with van der Waals surface area (Å²) in [5.74, 6) is 0.270. The number of carbonyl (C=O) groups excluding carboxylic acids is 1. The molecule has 6 nitrogen and oxygen atoms in total. The Balaban J connectivity index is 2.51. The van der Waals surface area contributed by atoms with Gasteiger partial charge < -0.3 is 4.74 Å². The molecule has 0 radical (unpaired) electrons. The van der Waals surface area contributed by atoms with Crippen molar-refractivity contribution < 1.29 is 18.7 Å². The summed E-state index contributed by atoms with van der Waals surface area (Å²) in [6, 6.07) is 0. The molecule has 0 aliphatic rings. The molecule has 0 spiro atoms. The monoisotopic (exact) mass is 214 g/mol. The Labute approximate surface area is 88.2 Å². The van der Waals surface area contributed by atoms with Gasteiger partial charge in [0.25, 0.3) is 6.20 Å². The molecule has 0 bridgehead atoms. The zero-order chi connectivity index (χ0) is 11.5. The number of hydrogen-bond donors (Lipinski definition) is 1. The van der Waals surface area contributed by atoms with Crippen molar-refractivity contribution in [2.75, 3.05) is 5.32 Å². The van der Waals surface area contributed by atoms with Crippen LogP contribution in [0, 0.1) is 0 Å². The summed E-state index contributed by atoms with van der Waals surface area (Å²) in [5, 5.41) is 6.10. The van der Waals surface area contributed by atoms with Crippen LogP contribution >= 0.6 is 0 Å². The minimum absolute atomic E-state index is 0.270. The molecule has 0 atom stereocenters. The summed E-state index contributed by atoms with van der Waals surface area (Å²) in [5.41, 5.74) is -0.523. The molecule has 6 heteroatoms. The average Bonchev–Trinajstić information content (AvgIpc) is 2.48. The highest BCUT2D eigenvalue weighted by atomic mass is 16.6. The van der Waals surface area contributed by atoms with Crippen molar-refractivity contribution in [3.8, 4) is 0 Å². The number of rotatable bonds is 2. The molecular formula is C9H16N3O3+. The second-order valence-electron chi connectivity index (χ2n) is 4.05. The highest BCUT2D eigenvalue weighted by molar-refractivity contribution is 5.82. The molecule has 84 valence electrons. The van der Waals surface area contributed by atoms with Crippen molar-refractivity contribution in [1.29, 1.82) is 0 Å². The van der Waals surface area contributed by atoms with E-state index in [2.05, 4.69) is 10.6 Å². The number of nitrogens with zero attached hydrogens (tertiary/aromatic N) is 2. The Bertz CT molecular complexity index is 341. The Kier molecular flexibility index (Phi) is 3.28. The van der Waals surface area contributed by atoms with Gasteiger partial charge in [0, 0.05) is 0 Å². The van der Waals surface area contributed by atoms with Crippen LogP contribution in [0.15, 0.2) is 10.7 Å². The van der Waals surface area contributed by atoms with E-state index in [0.717, 1.165) is 0 Å². The number of anilines is 1. The van der Waals surface area contributed by atoms with Crippen LogP contribution in [0.3, 0.4) is 0 Å². The molecule has 0 saturated heterocycles. The number of hydrogen-bond acceptors (Lipinski definition) is 4. The molecule has 0 aliphatic carbocycles. The molecule has 0 aromatic carbocycles. The van der Waals surface area contributed by atoms with E-state index in [1.165, 1.54) is 0 Å². The van der Waals surface area contributed by atoms with E-state index in [9.17, 15) is 4.79 Å². The molecule has 1 heterocycles. The van der Waals surface area contributed by atoms with Crippen molar-refractivity contribution in [1.82, 2.24) is 5.27 Å². The summed E-state index contributed by atoms with van der Waals surface area (Å²) in [6.07, 6.45) is 1.03. The van der Waals surface area contributed by atoms with Crippen LogP contribution in [0.5, 0.6) is 0 Å². The van der Waals surface area contributed by atoms with E-state index in [-0.39, 0.29) is 5.88 Å². The van der Waals surface area contributed by atoms with Crippen LogP contribution < -0.4 is 10.00 Å². The fourth-order valence-electron chi connectivity index (χ4n) is 0.887. The SMILES string of the molecule is CC[n+]1cc(NC(=O)OC(C)(C)C)on1. The number of aryl methyl sites for hydroxylation is 1. The maximum atomic E-state index is 11.3. The van der Waals surface area contributed by atoms with Gasteiger partial charge in [-0.15, -0.1) is 0 Å². The van der Waals surface area contributed by atoms with E-state index < -0.39 is 11.7 Å². The minimum atomic E-state index is -0.554. The smallest absolute Gasteiger partial charge is 0.414 e. The topological polar surface area (TPSA) is 68.2 Å². The Morgan fingerprint density at radius 1 is 1.67 bits per heavy atom. The van der Waals surface area contributed by atoms with E-state index in [1.54, 1.807) is 31.6 Å². The number of carbonyl (C=O) groups is 1. The first kappa shape index (κ1) is 11.5. The Hall–Kier alpha value is -1.59. The average molecular weight is 214 g/mol. The normalized spacial score (nSPS) is 11.2. The van der Waals surface area contributed by atoms with E-state index >= 15 is 0 Å². The fourth-order valence-corrected chi connectivity index (χ4v) is 0.887. The molecule has 15 heavy (non-hydrogen) atoms. The number of nitrogens with one attached hydrogen (secondary N) is 1. The third-order valence-corrected chi connectivity index (χ3v) is 1.46. The van der Waals surface area contributed by atoms with E-state index in [1.807, 2.05) is 6.92 Å². The molecule has 0 saturated carbocycles. The first-order valence-electron chi connectivity index (χ1n) is 4.77. The van der Waals surface area contributed by atoms with Crippen LogP contribution in [0.2, 0.25) is 0 Å². The number of ether oxygens (including phenoxy) is 1. The van der Waals surface area contributed by atoms with Crippen LogP contribution in [-0.4, -0.2) is 17.0 Å². The van der Waals surface area contributed by atoms with Crippen LogP contribution in [0.4, 0.5) is 10.7 Å². The molecule has 0 unspecified atom stereocenters. The minimum Gasteiger partial charge on any atom is -0.444 e. The summed E-state index contributed by atoms with van der Waals surface area (Å²) in [4.78, 5) is 11.3. The second-order valence-corrected chi connectivity index (χ2v) is 4.05. The molecule has 1 rings (SSSR count). The highest BCUT2D eigenvalue weighted by Crippen LogP contribution is 2.09. The van der Waals surface area contributed by atoms with Gasteiger partial charge in [0.2, 0.25) is 5.27 Å². The first-order chi connectivity index (χ1) is 6.90. The molecular weight excluding hydrogens is 198 g/mol. The van der Waals surface area contributed by atoms with Crippen LogP contribution in [-0.2, 0) is 11.3 Å². The molecule has 1 aromatic rings. The zero-order valence-corrected chi connectivity index (χ0v) is 9.40. The lowest BCUT2D eigenvalue weighted by Crippen LogP contribution is -2.33. The molecule has 0 fully saturated rings. The maximum Gasteiger partial charge on any atom is 0.414 e. The van der Waals surface area contributed by atoms with Crippen molar-refractivity contribution in [2.45, 2.75) is 39.8 Å². The third kappa shape index (κ3) is 3.97. The van der Waals surface area contributed by atoms with Gasteiger partial charge in [-0.05, 0) is 27.7 Å².